The van der Waals surface area contributed by atoms with Gasteiger partial charge in [-0.2, -0.15) is 0 Å². The SMILES string of the molecule is CC(C)[C@@H]1CC[C@@H](C)C[C@@]12OC(=O)C[C@@H](C1CCCCC1)O2. The summed E-state index contributed by atoms with van der Waals surface area (Å²) in [5.41, 5.74) is 0. The lowest BCUT2D eigenvalue weighted by atomic mass is 9.72. The molecule has 0 radical (unpaired) electrons. The van der Waals surface area contributed by atoms with Crippen molar-refractivity contribution in [1.29, 1.82) is 0 Å². The first-order valence-corrected chi connectivity index (χ1v) is 9.40. The number of hydrogen-bond acceptors (Lipinski definition) is 3. The summed E-state index contributed by atoms with van der Waals surface area (Å²) >= 11 is 0. The molecule has 0 aromatic rings. The fraction of sp³-hybridized carbons (Fsp3) is 0.947. The molecule has 0 N–H and O–H groups in total. The van der Waals surface area contributed by atoms with E-state index in [2.05, 4.69) is 20.8 Å². The zero-order chi connectivity index (χ0) is 15.7. The lowest BCUT2D eigenvalue weighted by Crippen LogP contribution is -2.57. The largest absolute Gasteiger partial charge is 0.433 e. The highest BCUT2D eigenvalue weighted by Crippen LogP contribution is 2.48. The van der Waals surface area contributed by atoms with E-state index in [0.29, 0.717) is 30.1 Å². The minimum atomic E-state index is -0.636. The summed E-state index contributed by atoms with van der Waals surface area (Å²) in [6, 6.07) is 0. The maximum atomic E-state index is 12.4. The highest BCUT2D eigenvalue weighted by molar-refractivity contribution is 5.71. The molecule has 3 rings (SSSR count). The Kier molecular flexibility index (Phi) is 4.82. The van der Waals surface area contributed by atoms with Crippen molar-refractivity contribution in [2.75, 3.05) is 0 Å². The molecule has 0 amide bonds. The predicted molar refractivity (Wildman–Crippen MR) is 86.2 cm³/mol. The molecule has 2 aliphatic carbocycles. The van der Waals surface area contributed by atoms with Crippen LogP contribution in [-0.2, 0) is 14.3 Å². The van der Waals surface area contributed by atoms with Crippen molar-refractivity contribution in [3.63, 3.8) is 0 Å². The first-order valence-electron chi connectivity index (χ1n) is 9.40. The highest BCUT2D eigenvalue weighted by Gasteiger charge is 2.53. The number of rotatable bonds is 2. The van der Waals surface area contributed by atoms with Crippen molar-refractivity contribution in [2.24, 2.45) is 23.7 Å². The van der Waals surface area contributed by atoms with Gasteiger partial charge in [-0.1, -0.05) is 40.0 Å². The molecule has 1 spiro atoms. The van der Waals surface area contributed by atoms with Crippen molar-refractivity contribution < 1.29 is 14.3 Å². The van der Waals surface area contributed by atoms with Gasteiger partial charge in [0.1, 0.15) is 0 Å². The van der Waals surface area contributed by atoms with Gasteiger partial charge in [-0.3, -0.25) is 4.79 Å². The van der Waals surface area contributed by atoms with E-state index in [4.69, 9.17) is 9.47 Å². The van der Waals surface area contributed by atoms with Gasteiger partial charge in [0.25, 0.3) is 0 Å². The highest BCUT2D eigenvalue weighted by atomic mass is 16.7. The molecule has 22 heavy (non-hydrogen) atoms. The summed E-state index contributed by atoms with van der Waals surface area (Å²) < 4.78 is 12.5. The second-order valence-corrected chi connectivity index (χ2v) is 8.28. The summed E-state index contributed by atoms with van der Waals surface area (Å²) in [5, 5.41) is 0. The van der Waals surface area contributed by atoms with Gasteiger partial charge < -0.3 is 9.47 Å². The third-order valence-corrected chi connectivity index (χ3v) is 6.15. The second-order valence-electron chi connectivity index (χ2n) is 8.28. The van der Waals surface area contributed by atoms with Crippen LogP contribution in [0.25, 0.3) is 0 Å². The molecule has 0 bridgehead atoms. The summed E-state index contributed by atoms with van der Waals surface area (Å²) in [6.45, 7) is 6.74. The Morgan fingerprint density at radius 1 is 1.09 bits per heavy atom. The van der Waals surface area contributed by atoms with Gasteiger partial charge in [0, 0.05) is 12.3 Å². The Hall–Kier alpha value is -0.570. The number of carbonyl (C=O) groups excluding carboxylic acids is 1. The first-order chi connectivity index (χ1) is 10.5. The lowest BCUT2D eigenvalue weighted by Gasteiger charge is -2.51. The second kappa shape index (κ2) is 6.51. The molecular formula is C19H32O3. The maximum absolute atomic E-state index is 12.4. The van der Waals surface area contributed by atoms with Crippen LogP contribution < -0.4 is 0 Å². The Bertz CT molecular complexity index is 399. The average Bonchev–Trinajstić information content (AvgIpc) is 2.46. The smallest absolute Gasteiger partial charge is 0.310 e. The summed E-state index contributed by atoms with van der Waals surface area (Å²) in [4.78, 5) is 12.4. The van der Waals surface area contributed by atoms with Crippen LogP contribution in [0.1, 0.15) is 78.6 Å². The van der Waals surface area contributed by atoms with Crippen LogP contribution in [0.5, 0.6) is 0 Å². The third kappa shape index (κ3) is 3.20. The van der Waals surface area contributed by atoms with E-state index in [0.717, 1.165) is 12.8 Å². The molecule has 1 saturated heterocycles. The Morgan fingerprint density at radius 3 is 2.50 bits per heavy atom. The molecule has 3 nitrogen and oxygen atoms in total. The van der Waals surface area contributed by atoms with Crippen molar-refractivity contribution >= 4 is 5.97 Å². The topological polar surface area (TPSA) is 35.5 Å². The lowest BCUT2D eigenvalue weighted by molar-refractivity contribution is -0.323. The molecule has 1 aliphatic heterocycles. The van der Waals surface area contributed by atoms with Gasteiger partial charge in [-0.15, -0.1) is 0 Å². The summed E-state index contributed by atoms with van der Waals surface area (Å²) in [7, 11) is 0. The van der Waals surface area contributed by atoms with Crippen molar-refractivity contribution in [1.82, 2.24) is 0 Å². The van der Waals surface area contributed by atoms with E-state index in [1.165, 1.54) is 38.5 Å². The number of carbonyl (C=O) groups is 1. The maximum Gasteiger partial charge on any atom is 0.310 e. The van der Waals surface area contributed by atoms with Gasteiger partial charge in [0.2, 0.25) is 5.79 Å². The Morgan fingerprint density at radius 2 is 1.82 bits per heavy atom. The van der Waals surface area contributed by atoms with Crippen molar-refractivity contribution in [3.8, 4) is 0 Å². The molecule has 2 saturated carbocycles. The van der Waals surface area contributed by atoms with E-state index in [9.17, 15) is 4.79 Å². The monoisotopic (exact) mass is 308 g/mol. The minimum absolute atomic E-state index is 0.0263. The predicted octanol–water partition coefficient (Wildman–Crippen LogP) is 4.69. The number of esters is 1. The minimum Gasteiger partial charge on any atom is -0.433 e. The molecule has 126 valence electrons. The van der Waals surface area contributed by atoms with Crippen molar-refractivity contribution in [3.05, 3.63) is 0 Å². The average molecular weight is 308 g/mol. The van der Waals surface area contributed by atoms with E-state index in [1.54, 1.807) is 0 Å². The molecule has 1 heterocycles. The number of hydrogen-bond donors (Lipinski definition) is 0. The van der Waals surface area contributed by atoms with Gasteiger partial charge >= 0.3 is 5.97 Å². The van der Waals surface area contributed by atoms with E-state index in [-0.39, 0.29) is 12.1 Å². The normalized spacial score (nSPS) is 40.9. The fourth-order valence-corrected chi connectivity index (χ4v) is 5.01. The molecule has 0 aromatic carbocycles. The van der Waals surface area contributed by atoms with Crippen LogP contribution >= 0.6 is 0 Å². The molecular weight excluding hydrogens is 276 g/mol. The van der Waals surface area contributed by atoms with Crippen LogP contribution in [0, 0.1) is 23.7 Å². The van der Waals surface area contributed by atoms with Gasteiger partial charge in [-0.05, 0) is 43.4 Å². The van der Waals surface area contributed by atoms with Crippen molar-refractivity contribution in [2.45, 2.75) is 90.4 Å². The van der Waals surface area contributed by atoms with E-state index < -0.39 is 5.79 Å². The zero-order valence-corrected chi connectivity index (χ0v) is 14.5. The van der Waals surface area contributed by atoms with Crippen LogP contribution in [0.4, 0.5) is 0 Å². The standard InChI is InChI=1S/C19H32O3/c1-13(2)16-10-9-14(3)12-19(16)21-17(11-18(20)22-19)15-7-5-4-6-8-15/h13-17H,4-12H2,1-3H3/t14-,16+,17+,19-/m1/s1. The van der Waals surface area contributed by atoms with Gasteiger partial charge in [0.15, 0.2) is 0 Å². The zero-order valence-electron chi connectivity index (χ0n) is 14.5. The van der Waals surface area contributed by atoms with Gasteiger partial charge in [-0.25, -0.2) is 0 Å². The quantitative estimate of drug-likeness (QED) is 0.694. The molecule has 3 aliphatic rings. The molecule has 0 unspecified atom stereocenters. The first kappa shape index (κ1) is 16.3. The van der Waals surface area contributed by atoms with Crippen LogP contribution in [0.2, 0.25) is 0 Å². The molecule has 0 aromatic heterocycles. The summed E-state index contributed by atoms with van der Waals surface area (Å²) in [5.74, 6) is 1.31. The van der Waals surface area contributed by atoms with Crippen LogP contribution in [0.15, 0.2) is 0 Å². The van der Waals surface area contributed by atoms with E-state index in [1.807, 2.05) is 0 Å². The van der Waals surface area contributed by atoms with Crippen LogP contribution in [-0.4, -0.2) is 17.9 Å². The Labute approximate surface area is 135 Å². The molecule has 3 heteroatoms. The Balaban J connectivity index is 1.81. The molecule has 4 atom stereocenters. The van der Waals surface area contributed by atoms with E-state index >= 15 is 0 Å². The summed E-state index contributed by atoms with van der Waals surface area (Å²) in [6.07, 6.45) is 10.1. The van der Waals surface area contributed by atoms with Crippen LogP contribution in [0.3, 0.4) is 0 Å². The van der Waals surface area contributed by atoms with Gasteiger partial charge in [0.05, 0.1) is 12.5 Å². The molecule has 3 fully saturated rings. The number of ether oxygens (including phenoxy) is 2. The third-order valence-electron chi connectivity index (χ3n) is 6.15. The fourth-order valence-electron chi connectivity index (χ4n) is 5.01.